The number of allylic oxidation sites excluding steroid dienone is 25. The molecular formula is C60H53N3S. The van der Waals surface area contributed by atoms with Gasteiger partial charge in [-0.3, -0.25) is 10.4 Å². The maximum Gasteiger partial charge on any atom is 0.0802 e. The van der Waals surface area contributed by atoms with Gasteiger partial charge >= 0.3 is 0 Å². The number of nitrogens with one attached hydrogen (secondary N) is 2. The summed E-state index contributed by atoms with van der Waals surface area (Å²) in [4.78, 5) is 5.54. The zero-order chi connectivity index (χ0) is 43.0. The number of rotatable bonds is 9. The van der Waals surface area contributed by atoms with Crippen molar-refractivity contribution in [2.24, 2.45) is 16.8 Å². The first-order chi connectivity index (χ1) is 31.6. The molecule has 3 aromatic rings. The largest absolute Gasteiger partial charge is 0.301 e. The quantitative estimate of drug-likeness (QED) is 0.164. The number of aliphatic imine (C=N–C) groups is 1. The molecule has 0 radical (unpaired) electrons. The van der Waals surface area contributed by atoms with Gasteiger partial charge in [0, 0.05) is 11.8 Å². The minimum Gasteiger partial charge on any atom is -0.301 e. The molecule has 2 N–H and O–H groups in total. The topological polar surface area (TPSA) is 60.1 Å². The molecule has 64 heavy (non-hydrogen) atoms. The highest BCUT2D eigenvalue weighted by Crippen LogP contribution is 2.60. The van der Waals surface area contributed by atoms with E-state index >= 15 is 0 Å². The monoisotopic (exact) mass is 847 g/mol. The summed E-state index contributed by atoms with van der Waals surface area (Å²) in [5, 5.41) is 16.9. The molecule has 1 heterocycles. The first kappa shape index (κ1) is 40.4. The molecular weight excluding hydrogens is 795 g/mol. The highest BCUT2D eigenvalue weighted by Gasteiger charge is 2.49. The lowest BCUT2D eigenvalue weighted by Crippen LogP contribution is -2.31. The summed E-state index contributed by atoms with van der Waals surface area (Å²) in [6, 6.07) is 28.7. The zero-order valence-corrected chi connectivity index (χ0v) is 37.1. The molecule has 8 aliphatic rings. The van der Waals surface area contributed by atoms with E-state index in [1.807, 2.05) is 0 Å². The van der Waals surface area contributed by atoms with Crippen LogP contribution in [0.1, 0.15) is 91.6 Å². The highest BCUT2D eigenvalue weighted by atomic mass is 32.2. The first-order valence-electron chi connectivity index (χ1n) is 23.2. The van der Waals surface area contributed by atoms with Gasteiger partial charge < -0.3 is 5.41 Å². The Morgan fingerprint density at radius 3 is 2.09 bits per heavy atom. The Kier molecular flexibility index (Phi) is 10.9. The molecule has 0 spiro atoms. The number of benzene rings is 3. The molecule has 314 valence electrons. The van der Waals surface area contributed by atoms with E-state index in [0.717, 1.165) is 69.1 Å². The van der Waals surface area contributed by atoms with Crippen molar-refractivity contribution in [1.82, 2.24) is 0 Å². The number of dihydropyridines is 1. The van der Waals surface area contributed by atoms with Crippen LogP contribution in [0.15, 0.2) is 226 Å². The number of fused-ring (bicyclic) bond motifs is 3. The van der Waals surface area contributed by atoms with E-state index in [4.69, 9.17) is 15.8 Å². The van der Waals surface area contributed by atoms with E-state index in [-0.39, 0.29) is 23.3 Å². The Morgan fingerprint density at radius 1 is 0.672 bits per heavy atom. The predicted octanol–water partition coefficient (Wildman–Crippen LogP) is 15.2. The third-order valence-corrected chi connectivity index (χ3v) is 15.2. The summed E-state index contributed by atoms with van der Waals surface area (Å²) < 4.78 is 0. The molecule has 0 bridgehead atoms. The van der Waals surface area contributed by atoms with Crippen LogP contribution < -0.4 is 0 Å². The average molecular weight is 848 g/mol. The minimum absolute atomic E-state index is 0.0555. The van der Waals surface area contributed by atoms with Gasteiger partial charge in [0.1, 0.15) is 0 Å². The Hall–Kier alpha value is -6.36. The normalized spacial score (nSPS) is 24.1. The van der Waals surface area contributed by atoms with Gasteiger partial charge in [0.15, 0.2) is 0 Å². The van der Waals surface area contributed by atoms with Crippen molar-refractivity contribution in [1.29, 1.82) is 10.8 Å². The van der Waals surface area contributed by atoms with E-state index in [1.165, 1.54) is 95.3 Å². The lowest BCUT2D eigenvalue weighted by molar-refractivity contribution is 0.678. The third-order valence-electron chi connectivity index (χ3n) is 14.6. The molecule has 4 heteroatoms. The van der Waals surface area contributed by atoms with Gasteiger partial charge in [-0.1, -0.05) is 182 Å². The van der Waals surface area contributed by atoms with Crippen LogP contribution in [-0.2, 0) is 5.41 Å². The van der Waals surface area contributed by atoms with E-state index in [9.17, 15) is 0 Å². The van der Waals surface area contributed by atoms with Crippen LogP contribution in [0.4, 0.5) is 0 Å². The van der Waals surface area contributed by atoms with Gasteiger partial charge in [-0.05, 0) is 147 Å². The van der Waals surface area contributed by atoms with E-state index < -0.39 is 0 Å². The summed E-state index contributed by atoms with van der Waals surface area (Å²) in [6.45, 7) is 0. The number of nitrogens with zero attached hydrogens (tertiary/aromatic N) is 1. The maximum absolute atomic E-state index is 8.75. The second-order valence-corrected chi connectivity index (χ2v) is 18.9. The van der Waals surface area contributed by atoms with E-state index in [0.29, 0.717) is 5.04 Å². The number of thioether (sulfide) groups is 1. The fourth-order valence-electron chi connectivity index (χ4n) is 11.6. The van der Waals surface area contributed by atoms with E-state index in [2.05, 4.69) is 176 Å². The fraction of sp³-hybridized carbons (Fsp3) is 0.217. The fourth-order valence-corrected chi connectivity index (χ4v) is 12.2. The van der Waals surface area contributed by atoms with Gasteiger partial charge in [-0.2, -0.15) is 0 Å². The Labute approximate surface area is 382 Å². The summed E-state index contributed by atoms with van der Waals surface area (Å²) in [5.74, 6) is -0.0265. The van der Waals surface area contributed by atoms with Crippen molar-refractivity contribution in [2.45, 2.75) is 69.2 Å². The molecule has 0 amide bonds. The van der Waals surface area contributed by atoms with Crippen LogP contribution in [0.5, 0.6) is 0 Å². The molecule has 3 aromatic carbocycles. The molecule has 11 rings (SSSR count). The van der Waals surface area contributed by atoms with Crippen LogP contribution >= 0.6 is 11.8 Å². The second kappa shape index (κ2) is 17.3. The third kappa shape index (κ3) is 7.04. The van der Waals surface area contributed by atoms with Crippen molar-refractivity contribution >= 4 is 39.2 Å². The van der Waals surface area contributed by atoms with Crippen molar-refractivity contribution in [3.8, 4) is 0 Å². The minimum atomic E-state index is -0.271. The van der Waals surface area contributed by atoms with Gasteiger partial charge in [0.05, 0.1) is 27.8 Å². The van der Waals surface area contributed by atoms with Crippen LogP contribution in [0, 0.1) is 22.7 Å². The van der Waals surface area contributed by atoms with Gasteiger partial charge in [-0.25, -0.2) is 0 Å². The smallest absolute Gasteiger partial charge is 0.0802 e. The Balaban J connectivity index is 0.941. The SMILES string of the molecule is N=CSC(=N)C1C=CC=C2C(c3ccccc3C3CC(C4=CC=C(C5=CC6=C(CC5)c5ccccc5C6(C5=CCCC=C5)C5=CCCC=C5)CC4)=CC(c4ccccc4)=N3)=CC=CC21. The van der Waals surface area contributed by atoms with Crippen molar-refractivity contribution < 1.29 is 0 Å². The van der Waals surface area contributed by atoms with Crippen LogP contribution in [-0.4, -0.2) is 16.3 Å². The highest BCUT2D eigenvalue weighted by molar-refractivity contribution is 8.24. The maximum atomic E-state index is 8.75. The lowest BCUT2D eigenvalue weighted by atomic mass is 9.63. The molecule has 0 fully saturated rings. The zero-order valence-electron chi connectivity index (χ0n) is 36.3. The summed E-state index contributed by atoms with van der Waals surface area (Å²) in [6.07, 6.45) is 47.0. The summed E-state index contributed by atoms with van der Waals surface area (Å²) in [5.41, 5.74) is 22.6. The molecule has 0 saturated heterocycles. The average Bonchev–Trinajstić information content (AvgIpc) is 3.67. The number of hydrogen-bond acceptors (Lipinski definition) is 4. The van der Waals surface area contributed by atoms with Crippen LogP contribution in [0.3, 0.4) is 0 Å². The molecule has 1 aliphatic heterocycles. The van der Waals surface area contributed by atoms with Crippen LogP contribution in [0.25, 0.3) is 11.1 Å². The van der Waals surface area contributed by atoms with Gasteiger partial charge in [-0.15, -0.1) is 0 Å². The van der Waals surface area contributed by atoms with Crippen LogP contribution in [0.2, 0.25) is 0 Å². The van der Waals surface area contributed by atoms with E-state index in [1.54, 1.807) is 0 Å². The Morgan fingerprint density at radius 2 is 1.36 bits per heavy atom. The standard InChI is InChI=1S/C60H53N3S/c61-39-64-59(62)54-28-15-26-48-47(25-14-27-50(48)54)49-22-10-11-24-53(49)58-38-44(37-57(63-58)42-16-4-1-5-17-42)41-32-30-40(31-33-41)43-34-35-52-51-23-12-13-29-55(51)60(56(52)36-43,45-18-6-2-7-19-45)46-20-8-3-9-21-46/h1,4-6,8,10-30,32,36-37,39,50,54,58,61-62H,2-3,7,9,31,33-35,38H2. The van der Waals surface area contributed by atoms with Gasteiger partial charge in [0.2, 0.25) is 0 Å². The Bertz CT molecular complexity index is 2890. The molecule has 0 saturated carbocycles. The summed E-state index contributed by atoms with van der Waals surface area (Å²) >= 11 is 1.19. The second-order valence-electron chi connectivity index (χ2n) is 18.0. The molecule has 3 unspecified atom stereocenters. The first-order valence-corrected chi connectivity index (χ1v) is 24.1. The van der Waals surface area contributed by atoms with Gasteiger partial charge in [0.25, 0.3) is 0 Å². The number of hydrogen-bond donors (Lipinski definition) is 2. The molecule has 0 aromatic heterocycles. The predicted molar refractivity (Wildman–Crippen MR) is 271 cm³/mol. The van der Waals surface area contributed by atoms with Crippen molar-refractivity contribution in [2.75, 3.05) is 0 Å². The van der Waals surface area contributed by atoms with Crippen molar-refractivity contribution in [3.63, 3.8) is 0 Å². The summed E-state index contributed by atoms with van der Waals surface area (Å²) in [7, 11) is 0. The molecule has 7 aliphatic carbocycles. The molecule has 3 atom stereocenters. The lowest BCUT2D eigenvalue weighted by Gasteiger charge is -2.39. The molecule has 3 nitrogen and oxygen atoms in total. The van der Waals surface area contributed by atoms with Crippen molar-refractivity contribution in [3.05, 3.63) is 248 Å².